The van der Waals surface area contributed by atoms with E-state index in [1.807, 2.05) is 10.9 Å². The molecule has 108 valence electrons. The lowest BCUT2D eigenvalue weighted by Gasteiger charge is -2.04. The molecular formula is C18H21N3. The number of nitrogens with zero attached hydrogens (tertiary/aromatic N) is 2. The van der Waals surface area contributed by atoms with Gasteiger partial charge in [-0.3, -0.25) is 4.68 Å². The summed E-state index contributed by atoms with van der Waals surface area (Å²) in [7, 11) is 0. The van der Waals surface area contributed by atoms with Crippen LogP contribution in [0.4, 0.5) is 5.69 Å². The normalized spacial score (nSPS) is 11.4. The van der Waals surface area contributed by atoms with Crippen molar-refractivity contribution in [1.29, 1.82) is 0 Å². The largest absolute Gasteiger partial charge is 0.396 e. The number of aryl methyl sites for hydroxylation is 1. The van der Waals surface area contributed by atoms with Crippen molar-refractivity contribution in [3.05, 3.63) is 48.7 Å². The molecule has 0 aliphatic rings. The van der Waals surface area contributed by atoms with Crippen molar-refractivity contribution in [2.45, 2.75) is 26.8 Å². The van der Waals surface area contributed by atoms with Crippen molar-refractivity contribution in [3.63, 3.8) is 0 Å². The van der Waals surface area contributed by atoms with Gasteiger partial charge in [0, 0.05) is 18.3 Å². The Balaban J connectivity index is 1.94. The summed E-state index contributed by atoms with van der Waals surface area (Å²) in [6.45, 7) is 5.35. The van der Waals surface area contributed by atoms with Gasteiger partial charge in [0.1, 0.15) is 5.69 Å². The highest BCUT2D eigenvalue weighted by molar-refractivity contribution is 5.88. The van der Waals surface area contributed by atoms with E-state index in [0.717, 1.165) is 29.9 Å². The Hall–Kier alpha value is -2.29. The molecular weight excluding hydrogens is 258 g/mol. The lowest BCUT2D eigenvalue weighted by molar-refractivity contribution is 0.488. The molecule has 0 atom stereocenters. The zero-order valence-electron chi connectivity index (χ0n) is 12.6. The molecule has 3 aromatic rings. The van der Waals surface area contributed by atoms with Crippen molar-refractivity contribution in [1.82, 2.24) is 9.78 Å². The van der Waals surface area contributed by atoms with E-state index in [2.05, 4.69) is 61.4 Å². The molecule has 0 fully saturated rings. The number of rotatable bonds is 4. The third-order valence-corrected chi connectivity index (χ3v) is 3.75. The number of hydrogen-bond donors (Lipinski definition) is 1. The summed E-state index contributed by atoms with van der Waals surface area (Å²) in [5, 5.41) is 7.10. The zero-order valence-corrected chi connectivity index (χ0v) is 12.6. The Kier molecular flexibility index (Phi) is 3.65. The minimum Gasteiger partial charge on any atom is -0.396 e. The lowest BCUT2D eigenvalue weighted by Crippen LogP contribution is -2.02. The van der Waals surface area contributed by atoms with Crippen LogP contribution in [-0.2, 0) is 6.54 Å². The highest BCUT2D eigenvalue weighted by Crippen LogP contribution is 2.27. The maximum Gasteiger partial charge on any atom is 0.115 e. The molecule has 0 amide bonds. The Morgan fingerprint density at radius 2 is 1.86 bits per heavy atom. The van der Waals surface area contributed by atoms with Crippen LogP contribution in [0, 0.1) is 5.92 Å². The van der Waals surface area contributed by atoms with Gasteiger partial charge in [0.15, 0.2) is 0 Å². The highest BCUT2D eigenvalue weighted by Gasteiger charge is 2.09. The van der Waals surface area contributed by atoms with Gasteiger partial charge in [0.25, 0.3) is 0 Å². The first-order valence-electron chi connectivity index (χ1n) is 7.45. The monoisotopic (exact) mass is 279 g/mol. The van der Waals surface area contributed by atoms with E-state index < -0.39 is 0 Å². The van der Waals surface area contributed by atoms with Gasteiger partial charge >= 0.3 is 0 Å². The molecule has 1 aromatic heterocycles. The summed E-state index contributed by atoms with van der Waals surface area (Å²) in [6, 6.07) is 14.7. The van der Waals surface area contributed by atoms with Crippen molar-refractivity contribution in [2.24, 2.45) is 5.92 Å². The highest BCUT2D eigenvalue weighted by atomic mass is 15.3. The van der Waals surface area contributed by atoms with Gasteiger partial charge in [-0.25, -0.2) is 0 Å². The predicted octanol–water partition coefficient (Wildman–Crippen LogP) is 4.33. The number of hydrogen-bond acceptors (Lipinski definition) is 2. The fraction of sp³-hybridized carbons (Fsp3) is 0.278. The Morgan fingerprint density at radius 3 is 2.62 bits per heavy atom. The van der Waals surface area contributed by atoms with Gasteiger partial charge in [0.05, 0.1) is 5.69 Å². The van der Waals surface area contributed by atoms with Gasteiger partial charge < -0.3 is 5.73 Å². The van der Waals surface area contributed by atoms with E-state index in [9.17, 15) is 0 Å². The Morgan fingerprint density at radius 1 is 1.10 bits per heavy atom. The van der Waals surface area contributed by atoms with Gasteiger partial charge in [0.2, 0.25) is 0 Å². The quantitative estimate of drug-likeness (QED) is 0.772. The van der Waals surface area contributed by atoms with Gasteiger partial charge in [-0.05, 0) is 29.2 Å². The van der Waals surface area contributed by atoms with Gasteiger partial charge in [-0.1, -0.05) is 50.2 Å². The topological polar surface area (TPSA) is 43.8 Å². The van der Waals surface area contributed by atoms with E-state index in [1.165, 1.54) is 10.8 Å². The predicted molar refractivity (Wildman–Crippen MR) is 89.0 cm³/mol. The van der Waals surface area contributed by atoms with E-state index >= 15 is 0 Å². The second kappa shape index (κ2) is 5.60. The van der Waals surface area contributed by atoms with E-state index in [1.54, 1.807) is 0 Å². The first-order chi connectivity index (χ1) is 10.1. The van der Waals surface area contributed by atoms with Crippen LogP contribution < -0.4 is 5.73 Å². The average molecular weight is 279 g/mol. The molecule has 0 unspecified atom stereocenters. The van der Waals surface area contributed by atoms with E-state index in [4.69, 9.17) is 5.73 Å². The van der Waals surface area contributed by atoms with Crippen LogP contribution in [0.1, 0.15) is 20.3 Å². The molecule has 21 heavy (non-hydrogen) atoms. The molecule has 3 heteroatoms. The zero-order chi connectivity index (χ0) is 14.8. The molecule has 1 heterocycles. The molecule has 0 aliphatic heterocycles. The standard InChI is InChI=1S/C18H21N3/c1-13(2)9-10-21-12-17(19)18(20-21)16-8-7-14-5-3-4-6-15(14)11-16/h3-8,11-13H,9-10,19H2,1-2H3. The molecule has 0 bridgehead atoms. The molecule has 3 rings (SSSR count). The molecule has 0 saturated carbocycles. The first kappa shape index (κ1) is 13.7. The van der Waals surface area contributed by atoms with Crippen LogP contribution in [0.15, 0.2) is 48.7 Å². The van der Waals surface area contributed by atoms with Crippen LogP contribution in [0.2, 0.25) is 0 Å². The number of anilines is 1. The fourth-order valence-electron chi connectivity index (χ4n) is 2.50. The molecule has 0 radical (unpaired) electrons. The summed E-state index contributed by atoms with van der Waals surface area (Å²) in [5.74, 6) is 0.666. The van der Waals surface area contributed by atoms with Crippen LogP contribution in [0.25, 0.3) is 22.0 Å². The average Bonchev–Trinajstić information content (AvgIpc) is 2.86. The Labute approximate surface area is 125 Å². The first-order valence-corrected chi connectivity index (χ1v) is 7.45. The van der Waals surface area contributed by atoms with Gasteiger partial charge in [-0.2, -0.15) is 5.10 Å². The number of nitrogens with two attached hydrogens (primary N) is 1. The molecule has 2 aromatic carbocycles. The van der Waals surface area contributed by atoms with Crippen molar-refractivity contribution < 1.29 is 0 Å². The van der Waals surface area contributed by atoms with Crippen LogP contribution in [0.5, 0.6) is 0 Å². The summed E-state index contributed by atoms with van der Waals surface area (Å²) in [5.41, 5.74) is 8.84. The van der Waals surface area contributed by atoms with Crippen LogP contribution in [-0.4, -0.2) is 9.78 Å². The second-order valence-corrected chi connectivity index (χ2v) is 5.94. The number of fused-ring (bicyclic) bond motifs is 1. The lowest BCUT2D eigenvalue weighted by atomic mass is 10.0. The number of nitrogen functional groups attached to an aromatic ring is 1. The van der Waals surface area contributed by atoms with Crippen molar-refractivity contribution >= 4 is 16.5 Å². The van der Waals surface area contributed by atoms with E-state index in [0.29, 0.717) is 5.92 Å². The fourth-order valence-corrected chi connectivity index (χ4v) is 2.50. The smallest absolute Gasteiger partial charge is 0.115 e. The third kappa shape index (κ3) is 2.92. The summed E-state index contributed by atoms with van der Waals surface area (Å²) >= 11 is 0. The van der Waals surface area contributed by atoms with Crippen LogP contribution >= 0.6 is 0 Å². The summed E-state index contributed by atoms with van der Waals surface area (Å²) < 4.78 is 1.96. The molecule has 3 nitrogen and oxygen atoms in total. The van der Waals surface area contributed by atoms with Crippen molar-refractivity contribution in [2.75, 3.05) is 5.73 Å². The third-order valence-electron chi connectivity index (χ3n) is 3.75. The second-order valence-electron chi connectivity index (χ2n) is 5.94. The molecule has 0 saturated heterocycles. The van der Waals surface area contributed by atoms with E-state index in [-0.39, 0.29) is 0 Å². The summed E-state index contributed by atoms with van der Waals surface area (Å²) in [6.07, 6.45) is 3.05. The SMILES string of the molecule is CC(C)CCn1cc(N)c(-c2ccc3ccccc3c2)n1. The molecule has 2 N–H and O–H groups in total. The number of aromatic nitrogens is 2. The Bertz CT molecular complexity index is 756. The molecule has 0 spiro atoms. The van der Waals surface area contributed by atoms with Crippen LogP contribution in [0.3, 0.4) is 0 Å². The minimum absolute atomic E-state index is 0.666. The number of benzene rings is 2. The van der Waals surface area contributed by atoms with Gasteiger partial charge in [-0.15, -0.1) is 0 Å². The maximum absolute atomic E-state index is 6.14. The maximum atomic E-state index is 6.14. The van der Waals surface area contributed by atoms with Crippen molar-refractivity contribution in [3.8, 4) is 11.3 Å². The minimum atomic E-state index is 0.666. The summed E-state index contributed by atoms with van der Waals surface area (Å²) in [4.78, 5) is 0. The molecule has 0 aliphatic carbocycles.